The molecule has 4 heteroatoms. The van der Waals surface area contributed by atoms with E-state index in [-0.39, 0.29) is 0 Å². The molecule has 0 aliphatic carbocycles. The molecule has 1 heterocycles. The molecular formula is C19H19NO3. The number of methoxy groups -OCH3 is 1. The highest BCUT2D eigenvalue weighted by Crippen LogP contribution is 2.18. The molecule has 0 N–H and O–H groups in total. The Morgan fingerprint density at radius 3 is 2.57 bits per heavy atom. The van der Waals surface area contributed by atoms with E-state index in [2.05, 4.69) is 11.1 Å². The van der Waals surface area contributed by atoms with Crippen molar-refractivity contribution in [3.8, 4) is 5.75 Å². The van der Waals surface area contributed by atoms with E-state index in [0.717, 1.165) is 28.0 Å². The molecule has 23 heavy (non-hydrogen) atoms. The van der Waals surface area contributed by atoms with E-state index in [4.69, 9.17) is 13.9 Å². The van der Waals surface area contributed by atoms with Gasteiger partial charge in [-0.25, -0.2) is 4.99 Å². The predicted molar refractivity (Wildman–Crippen MR) is 89.8 cm³/mol. The van der Waals surface area contributed by atoms with Crippen molar-refractivity contribution < 1.29 is 13.9 Å². The van der Waals surface area contributed by atoms with Crippen LogP contribution in [0, 0.1) is 0 Å². The van der Waals surface area contributed by atoms with Crippen LogP contribution in [0.3, 0.4) is 0 Å². The Balaban J connectivity index is 2.10. The van der Waals surface area contributed by atoms with Gasteiger partial charge in [0.2, 0.25) is 5.55 Å². The first-order valence-corrected chi connectivity index (χ1v) is 7.58. The Labute approximate surface area is 135 Å². The maximum atomic E-state index is 5.97. The van der Waals surface area contributed by atoms with Crippen molar-refractivity contribution >= 4 is 16.7 Å². The van der Waals surface area contributed by atoms with Crippen LogP contribution < -0.4 is 10.3 Å². The van der Waals surface area contributed by atoms with E-state index in [1.165, 1.54) is 0 Å². The fourth-order valence-electron chi connectivity index (χ4n) is 2.30. The average Bonchev–Trinajstić information content (AvgIpc) is 2.60. The van der Waals surface area contributed by atoms with Gasteiger partial charge in [-0.1, -0.05) is 18.2 Å². The summed E-state index contributed by atoms with van der Waals surface area (Å²) in [6.45, 7) is 3.09. The third-order valence-electron chi connectivity index (χ3n) is 3.49. The summed E-state index contributed by atoms with van der Waals surface area (Å²) in [7, 11) is 1.64. The Morgan fingerprint density at radius 1 is 1.04 bits per heavy atom. The van der Waals surface area contributed by atoms with Crippen LogP contribution in [0.15, 0.2) is 64.0 Å². The number of rotatable bonds is 5. The lowest BCUT2D eigenvalue weighted by Crippen LogP contribution is -2.10. The number of nitrogens with zero attached hydrogens (tertiary/aromatic N) is 1. The molecule has 0 saturated carbocycles. The summed E-state index contributed by atoms with van der Waals surface area (Å²) in [5.41, 5.74) is 3.12. The van der Waals surface area contributed by atoms with E-state index >= 15 is 0 Å². The van der Waals surface area contributed by atoms with Gasteiger partial charge in [0, 0.05) is 17.6 Å². The second kappa shape index (κ2) is 7.11. The average molecular weight is 309 g/mol. The first-order valence-electron chi connectivity index (χ1n) is 7.58. The highest BCUT2D eigenvalue weighted by Gasteiger charge is 2.04. The van der Waals surface area contributed by atoms with Gasteiger partial charge >= 0.3 is 0 Å². The molecule has 0 saturated heterocycles. The van der Waals surface area contributed by atoms with Crippen LogP contribution in [0.25, 0.3) is 11.0 Å². The van der Waals surface area contributed by atoms with Crippen LogP contribution in [-0.4, -0.2) is 13.7 Å². The molecule has 2 aromatic carbocycles. The molecule has 0 atom stereocenters. The van der Waals surface area contributed by atoms with Crippen molar-refractivity contribution in [3.05, 3.63) is 65.7 Å². The van der Waals surface area contributed by atoms with Gasteiger partial charge in [-0.2, -0.15) is 0 Å². The number of benzene rings is 2. The van der Waals surface area contributed by atoms with Crippen LogP contribution >= 0.6 is 0 Å². The number of hydrogen-bond donors (Lipinski definition) is 0. The zero-order valence-electron chi connectivity index (χ0n) is 13.3. The van der Waals surface area contributed by atoms with Gasteiger partial charge in [-0.15, -0.1) is 0 Å². The van der Waals surface area contributed by atoms with Crippen LogP contribution in [0.2, 0.25) is 0 Å². The first kappa shape index (κ1) is 15.3. The summed E-state index contributed by atoms with van der Waals surface area (Å²) in [6.07, 6.45) is 0. The van der Waals surface area contributed by atoms with Gasteiger partial charge < -0.3 is 13.9 Å². The van der Waals surface area contributed by atoms with Gasteiger partial charge in [0.15, 0.2) is 0 Å². The molecule has 1 aromatic heterocycles. The fourth-order valence-corrected chi connectivity index (χ4v) is 2.30. The third kappa shape index (κ3) is 3.60. The standard InChI is InChI=1S/C19H19NO3/c1-3-22-13-15-12-14-6-4-5-7-18(14)23-19(15)20-16-8-10-17(21-2)11-9-16/h4-12H,3,13H2,1-2H3/b20-19-. The van der Waals surface area contributed by atoms with Crippen molar-refractivity contribution in [3.63, 3.8) is 0 Å². The summed E-state index contributed by atoms with van der Waals surface area (Å²) < 4.78 is 16.7. The van der Waals surface area contributed by atoms with Crippen molar-refractivity contribution in [2.24, 2.45) is 4.99 Å². The van der Waals surface area contributed by atoms with Crippen molar-refractivity contribution in [1.82, 2.24) is 0 Å². The lowest BCUT2D eigenvalue weighted by atomic mass is 10.2. The number of hydrogen-bond acceptors (Lipinski definition) is 4. The van der Waals surface area contributed by atoms with E-state index in [9.17, 15) is 0 Å². The summed E-state index contributed by atoms with van der Waals surface area (Å²) in [5, 5.41) is 1.04. The second-order valence-corrected chi connectivity index (χ2v) is 5.06. The van der Waals surface area contributed by atoms with Gasteiger partial charge in [-0.05, 0) is 43.3 Å². The van der Waals surface area contributed by atoms with Crippen LogP contribution in [0.5, 0.6) is 5.75 Å². The first-order chi connectivity index (χ1) is 11.3. The zero-order chi connectivity index (χ0) is 16.1. The van der Waals surface area contributed by atoms with Crippen molar-refractivity contribution in [2.75, 3.05) is 13.7 Å². The smallest absolute Gasteiger partial charge is 0.225 e. The predicted octanol–water partition coefficient (Wildman–Crippen LogP) is 4.21. The van der Waals surface area contributed by atoms with E-state index in [1.807, 2.05) is 55.5 Å². The topological polar surface area (TPSA) is 44.0 Å². The molecule has 0 bridgehead atoms. The normalized spacial score (nSPS) is 11.8. The third-order valence-corrected chi connectivity index (χ3v) is 3.49. The molecule has 3 rings (SSSR count). The monoisotopic (exact) mass is 309 g/mol. The summed E-state index contributed by atoms with van der Waals surface area (Å²) in [6, 6.07) is 17.5. The molecular weight excluding hydrogens is 290 g/mol. The summed E-state index contributed by atoms with van der Waals surface area (Å²) >= 11 is 0. The molecule has 0 unspecified atom stereocenters. The highest BCUT2D eigenvalue weighted by atomic mass is 16.5. The SMILES string of the molecule is CCOCc1cc2ccccc2o/c1=N\c1ccc(OC)cc1. The highest BCUT2D eigenvalue weighted by molar-refractivity contribution is 5.76. The van der Waals surface area contributed by atoms with Gasteiger partial charge in [-0.3, -0.25) is 0 Å². The zero-order valence-corrected chi connectivity index (χ0v) is 13.3. The molecule has 0 radical (unpaired) electrons. The Kier molecular flexibility index (Phi) is 4.74. The van der Waals surface area contributed by atoms with Crippen molar-refractivity contribution in [2.45, 2.75) is 13.5 Å². The van der Waals surface area contributed by atoms with E-state index in [1.54, 1.807) is 7.11 Å². The minimum atomic E-state index is 0.472. The molecule has 118 valence electrons. The lowest BCUT2D eigenvalue weighted by molar-refractivity contribution is 0.131. The van der Waals surface area contributed by atoms with Gasteiger partial charge in [0.1, 0.15) is 11.3 Å². The summed E-state index contributed by atoms with van der Waals surface area (Å²) in [4.78, 5) is 4.62. The number of para-hydroxylation sites is 1. The Morgan fingerprint density at radius 2 is 1.83 bits per heavy atom. The minimum Gasteiger partial charge on any atom is -0.497 e. The largest absolute Gasteiger partial charge is 0.497 e. The Hall–Kier alpha value is -2.59. The van der Waals surface area contributed by atoms with Crippen LogP contribution in [-0.2, 0) is 11.3 Å². The summed E-state index contributed by atoms with van der Waals surface area (Å²) in [5.74, 6) is 0.800. The molecule has 0 spiro atoms. The lowest BCUT2D eigenvalue weighted by Gasteiger charge is -2.05. The fraction of sp³-hybridized carbons (Fsp3) is 0.211. The van der Waals surface area contributed by atoms with Crippen LogP contribution in [0.1, 0.15) is 12.5 Å². The van der Waals surface area contributed by atoms with E-state index in [0.29, 0.717) is 18.8 Å². The maximum Gasteiger partial charge on any atom is 0.225 e. The Bertz CT molecular complexity index is 850. The number of fused-ring (bicyclic) bond motifs is 1. The van der Waals surface area contributed by atoms with E-state index < -0.39 is 0 Å². The molecule has 0 aliphatic heterocycles. The molecule has 0 aliphatic rings. The molecule has 3 aromatic rings. The minimum absolute atomic E-state index is 0.472. The quantitative estimate of drug-likeness (QED) is 0.709. The van der Waals surface area contributed by atoms with Gasteiger partial charge in [0.25, 0.3) is 0 Å². The maximum absolute atomic E-state index is 5.97. The van der Waals surface area contributed by atoms with Crippen LogP contribution in [0.4, 0.5) is 5.69 Å². The number of ether oxygens (including phenoxy) is 2. The second-order valence-electron chi connectivity index (χ2n) is 5.06. The molecule has 4 nitrogen and oxygen atoms in total. The van der Waals surface area contributed by atoms with Gasteiger partial charge in [0.05, 0.1) is 19.4 Å². The molecule has 0 amide bonds. The molecule has 0 fully saturated rings. The van der Waals surface area contributed by atoms with Crippen molar-refractivity contribution in [1.29, 1.82) is 0 Å².